The molecule has 1 aromatic rings. The van der Waals surface area contributed by atoms with E-state index in [2.05, 4.69) is 15.2 Å². The Hall–Kier alpha value is -1.47. The second-order valence-corrected chi connectivity index (χ2v) is 8.76. The van der Waals surface area contributed by atoms with E-state index in [0.29, 0.717) is 12.1 Å². The van der Waals surface area contributed by atoms with Crippen molar-refractivity contribution in [2.24, 2.45) is 5.92 Å². The van der Waals surface area contributed by atoms with E-state index in [1.807, 2.05) is 11.8 Å². The van der Waals surface area contributed by atoms with Gasteiger partial charge in [-0.1, -0.05) is 0 Å². The third-order valence-electron chi connectivity index (χ3n) is 5.96. The molecule has 0 unspecified atom stereocenters. The van der Waals surface area contributed by atoms with Crippen molar-refractivity contribution in [1.82, 2.24) is 20.1 Å². The molecule has 0 bridgehead atoms. The molecule has 7 heteroatoms. The minimum atomic E-state index is 0.129. The number of hydrogen-bond acceptors (Lipinski definition) is 5. The van der Waals surface area contributed by atoms with Crippen molar-refractivity contribution in [3.8, 4) is 0 Å². The standard InChI is InChI=1S/C19H28N4O2S/c1-13-17(26-12-20-13)19(25)22-9-6-16(7-10-22)23-8-2-3-14(11-23)18(24)21-15-4-5-15/h12,14-16H,2-11H2,1H3,(H,21,24)/t14-/m1/s1. The van der Waals surface area contributed by atoms with Gasteiger partial charge in [0.2, 0.25) is 5.91 Å². The molecule has 4 rings (SSSR count). The zero-order valence-corrected chi connectivity index (χ0v) is 16.3. The molecule has 142 valence electrons. The molecular weight excluding hydrogens is 348 g/mol. The number of nitrogens with zero attached hydrogens (tertiary/aromatic N) is 3. The van der Waals surface area contributed by atoms with E-state index < -0.39 is 0 Å². The number of amides is 2. The lowest BCUT2D eigenvalue weighted by atomic mass is 9.93. The number of carbonyl (C=O) groups excluding carboxylic acids is 2. The first-order valence-corrected chi connectivity index (χ1v) is 10.7. The van der Waals surface area contributed by atoms with Crippen molar-refractivity contribution in [2.45, 2.75) is 57.5 Å². The Bertz CT molecular complexity index is 664. The Balaban J connectivity index is 1.29. The molecular formula is C19H28N4O2S. The first-order chi connectivity index (χ1) is 12.6. The molecule has 0 radical (unpaired) electrons. The number of aryl methyl sites for hydroxylation is 1. The second-order valence-electron chi connectivity index (χ2n) is 7.91. The van der Waals surface area contributed by atoms with Crippen LogP contribution in [0.15, 0.2) is 5.51 Å². The number of carbonyl (C=O) groups is 2. The van der Waals surface area contributed by atoms with E-state index >= 15 is 0 Å². The van der Waals surface area contributed by atoms with Gasteiger partial charge in [0.05, 0.1) is 17.1 Å². The van der Waals surface area contributed by atoms with Crippen LogP contribution in [0.2, 0.25) is 0 Å². The predicted octanol–water partition coefficient (Wildman–Crippen LogP) is 2.05. The van der Waals surface area contributed by atoms with E-state index in [4.69, 9.17) is 0 Å². The molecule has 2 saturated heterocycles. The van der Waals surface area contributed by atoms with E-state index in [1.165, 1.54) is 11.3 Å². The highest BCUT2D eigenvalue weighted by Gasteiger charge is 2.34. The quantitative estimate of drug-likeness (QED) is 0.873. The molecule has 3 aliphatic rings. The van der Waals surface area contributed by atoms with Crippen LogP contribution in [0.5, 0.6) is 0 Å². The average Bonchev–Trinajstić information content (AvgIpc) is 3.39. The summed E-state index contributed by atoms with van der Waals surface area (Å²) in [6.45, 7) is 5.47. The summed E-state index contributed by atoms with van der Waals surface area (Å²) >= 11 is 1.44. The molecule has 1 aliphatic carbocycles. The van der Waals surface area contributed by atoms with Crippen molar-refractivity contribution >= 4 is 23.2 Å². The fourth-order valence-corrected chi connectivity index (χ4v) is 4.95. The molecule has 26 heavy (non-hydrogen) atoms. The third-order valence-corrected chi connectivity index (χ3v) is 6.87. The van der Waals surface area contributed by atoms with Gasteiger partial charge in [-0.3, -0.25) is 14.5 Å². The molecule has 6 nitrogen and oxygen atoms in total. The SMILES string of the molecule is Cc1ncsc1C(=O)N1CCC(N2CCC[C@@H](C(=O)NC3CC3)C2)CC1. The number of rotatable bonds is 4. The van der Waals surface area contributed by atoms with Gasteiger partial charge >= 0.3 is 0 Å². The molecule has 0 spiro atoms. The van der Waals surface area contributed by atoms with Crippen molar-refractivity contribution in [1.29, 1.82) is 0 Å². The number of likely N-dealkylation sites (tertiary alicyclic amines) is 2. The number of thiazole rings is 1. The zero-order chi connectivity index (χ0) is 18.1. The molecule has 1 saturated carbocycles. The van der Waals surface area contributed by atoms with Crippen molar-refractivity contribution < 1.29 is 9.59 Å². The maximum absolute atomic E-state index is 12.6. The predicted molar refractivity (Wildman–Crippen MR) is 101 cm³/mol. The summed E-state index contributed by atoms with van der Waals surface area (Å²) in [6.07, 6.45) is 6.40. The Kier molecular flexibility index (Phi) is 5.27. The summed E-state index contributed by atoms with van der Waals surface area (Å²) < 4.78 is 0. The highest BCUT2D eigenvalue weighted by Crippen LogP contribution is 2.27. The number of hydrogen-bond donors (Lipinski definition) is 1. The van der Waals surface area contributed by atoms with E-state index in [-0.39, 0.29) is 17.7 Å². The Morgan fingerprint density at radius 2 is 1.92 bits per heavy atom. The van der Waals surface area contributed by atoms with Gasteiger partial charge in [0.1, 0.15) is 4.88 Å². The van der Waals surface area contributed by atoms with Gasteiger partial charge in [-0.05, 0) is 52.0 Å². The van der Waals surface area contributed by atoms with Crippen molar-refractivity contribution in [2.75, 3.05) is 26.2 Å². The van der Waals surface area contributed by atoms with Gasteiger partial charge in [-0.25, -0.2) is 4.98 Å². The monoisotopic (exact) mass is 376 g/mol. The molecule has 2 amide bonds. The Morgan fingerprint density at radius 1 is 1.15 bits per heavy atom. The van der Waals surface area contributed by atoms with Crippen LogP contribution in [-0.4, -0.2) is 64.9 Å². The smallest absolute Gasteiger partial charge is 0.265 e. The lowest BCUT2D eigenvalue weighted by Crippen LogP contribution is -2.51. The topological polar surface area (TPSA) is 65.5 Å². The maximum atomic E-state index is 12.6. The van der Waals surface area contributed by atoms with Gasteiger partial charge in [0.25, 0.3) is 5.91 Å². The molecule has 0 aromatic carbocycles. The third kappa shape index (κ3) is 3.93. The molecule has 1 atom stereocenters. The van der Waals surface area contributed by atoms with Crippen LogP contribution in [0.4, 0.5) is 0 Å². The van der Waals surface area contributed by atoms with Crippen molar-refractivity contribution in [3.05, 3.63) is 16.1 Å². The maximum Gasteiger partial charge on any atom is 0.265 e. The largest absolute Gasteiger partial charge is 0.353 e. The van der Waals surface area contributed by atoms with Gasteiger partial charge in [0.15, 0.2) is 0 Å². The van der Waals surface area contributed by atoms with Crippen LogP contribution in [0.1, 0.15) is 53.9 Å². The summed E-state index contributed by atoms with van der Waals surface area (Å²) in [5, 5.41) is 3.17. The molecule has 1 aromatic heterocycles. The first kappa shape index (κ1) is 17.9. The fraction of sp³-hybridized carbons (Fsp3) is 0.737. The van der Waals surface area contributed by atoms with E-state index in [0.717, 1.165) is 75.3 Å². The van der Waals surface area contributed by atoms with E-state index in [1.54, 1.807) is 5.51 Å². The Morgan fingerprint density at radius 3 is 2.58 bits per heavy atom. The van der Waals surface area contributed by atoms with Crippen LogP contribution in [0.25, 0.3) is 0 Å². The van der Waals surface area contributed by atoms with Gasteiger partial charge in [-0.2, -0.15) is 0 Å². The van der Waals surface area contributed by atoms with Crippen molar-refractivity contribution in [3.63, 3.8) is 0 Å². The lowest BCUT2D eigenvalue weighted by molar-refractivity contribution is -0.127. The first-order valence-electron chi connectivity index (χ1n) is 9.85. The zero-order valence-electron chi connectivity index (χ0n) is 15.4. The summed E-state index contributed by atoms with van der Waals surface area (Å²) in [6, 6.07) is 0.945. The molecule has 3 heterocycles. The second kappa shape index (κ2) is 7.64. The van der Waals surface area contributed by atoms with Crippen LogP contribution < -0.4 is 5.32 Å². The normalized spacial score (nSPS) is 25.3. The summed E-state index contributed by atoms with van der Waals surface area (Å²) in [7, 11) is 0. The Labute approximate surface area is 159 Å². The van der Waals surface area contributed by atoms with Crippen LogP contribution in [0, 0.1) is 12.8 Å². The number of piperidine rings is 2. The minimum Gasteiger partial charge on any atom is -0.353 e. The summed E-state index contributed by atoms with van der Waals surface area (Å²) in [5.74, 6) is 0.526. The van der Waals surface area contributed by atoms with Gasteiger partial charge in [0, 0.05) is 31.7 Å². The van der Waals surface area contributed by atoms with Crippen LogP contribution in [-0.2, 0) is 4.79 Å². The highest BCUT2D eigenvalue weighted by molar-refractivity contribution is 7.11. The highest BCUT2D eigenvalue weighted by atomic mass is 32.1. The van der Waals surface area contributed by atoms with E-state index in [9.17, 15) is 9.59 Å². The summed E-state index contributed by atoms with van der Waals surface area (Å²) in [4.78, 5) is 34.5. The molecule has 2 aliphatic heterocycles. The summed E-state index contributed by atoms with van der Waals surface area (Å²) in [5.41, 5.74) is 2.58. The number of nitrogens with one attached hydrogen (secondary N) is 1. The van der Waals surface area contributed by atoms with Gasteiger partial charge in [-0.15, -0.1) is 11.3 Å². The molecule has 3 fully saturated rings. The van der Waals surface area contributed by atoms with Crippen LogP contribution >= 0.6 is 11.3 Å². The lowest BCUT2D eigenvalue weighted by Gasteiger charge is -2.42. The van der Waals surface area contributed by atoms with Crippen LogP contribution in [0.3, 0.4) is 0 Å². The number of aromatic nitrogens is 1. The fourth-order valence-electron chi connectivity index (χ4n) is 4.18. The molecule has 1 N–H and O–H groups in total. The average molecular weight is 377 g/mol. The minimum absolute atomic E-state index is 0.129. The van der Waals surface area contributed by atoms with Gasteiger partial charge < -0.3 is 10.2 Å².